The summed E-state index contributed by atoms with van der Waals surface area (Å²) in [5.74, 6) is -0.864. The number of carbonyl (C=O) groups excluding carboxylic acids is 2. The highest BCUT2D eigenvalue weighted by Gasteiger charge is 2.36. The first-order valence-electron chi connectivity index (χ1n) is 5.33. The van der Waals surface area contributed by atoms with E-state index in [1.807, 2.05) is 13.0 Å². The summed E-state index contributed by atoms with van der Waals surface area (Å²) >= 11 is 3.34. The smallest absolute Gasteiger partial charge is 0.299 e. The fraction of sp³-hybridized carbons (Fsp3) is 0.231. The van der Waals surface area contributed by atoms with Gasteiger partial charge in [-0.2, -0.15) is 0 Å². The van der Waals surface area contributed by atoms with Gasteiger partial charge in [0.25, 0.3) is 11.7 Å². The molecule has 17 heavy (non-hydrogen) atoms. The van der Waals surface area contributed by atoms with Crippen LogP contribution in [0, 0.1) is 6.92 Å². The summed E-state index contributed by atoms with van der Waals surface area (Å²) in [5.41, 5.74) is 2.16. The van der Waals surface area contributed by atoms with Gasteiger partial charge in [0, 0.05) is 11.0 Å². The van der Waals surface area contributed by atoms with Crippen molar-refractivity contribution in [1.82, 2.24) is 0 Å². The molecule has 3 nitrogen and oxygen atoms in total. The molecule has 4 heteroatoms. The van der Waals surface area contributed by atoms with Crippen LogP contribution < -0.4 is 4.90 Å². The van der Waals surface area contributed by atoms with Gasteiger partial charge in [0.05, 0.1) is 11.3 Å². The zero-order valence-electron chi connectivity index (χ0n) is 9.50. The monoisotopic (exact) mass is 293 g/mol. The van der Waals surface area contributed by atoms with Crippen molar-refractivity contribution in [3.05, 3.63) is 40.4 Å². The summed E-state index contributed by atoms with van der Waals surface area (Å²) < 4.78 is 0.820. The maximum absolute atomic E-state index is 11.9. The van der Waals surface area contributed by atoms with Crippen molar-refractivity contribution in [2.24, 2.45) is 0 Å². The minimum Gasteiger partial charge on any atom is -0.304 e. The minimum atomic E-state index is -0.442. The molecule has 1 aliphatic heterocycles. The third-order valence-corrected chi connectivity index (χ3v) is 3.23. The lowest BCUT2D eigenvalue weighted by Gasteiger charge is -2.17. The van der Waals surface area contributed by atoms with Gasteiger partial charge in [-0.05, 0) is 31.0 Å². The van der Waals surface area contributed by atoms with E-state index in [-0.39, 0.29) is 0 Å². The Hall–Kier alpha value is -1.42. The SMILES string of the molecule is C=CCCN1C(=O)C(=O)c2cc(Br)cc(C)c21. The number of nitrogens with zero attached hydrogens (tertiary/aromatic N) is 1. The molecule has 1 amide bonds. The maximum Gasteiger partial charge on any atom is 0.299 e. The van der Waals surface area contributed by atoms with E-state index >= 15 is 0 Å². The normalized spacial score (nSPS) is 14.1. The van der Waals surface area contributed by atoms with Crippen LogP contribution in [0.15, 0.2) is 29.3 Å². The molecule has 0 unspecified atom stereocenters. The highest BCUT2D eigenvalue weighted by Crippen LogP contribution is 2.34. The third-order valence-electron chi connectivity index (χ3n) is 2.78. The Morgan fingerprint density at radius 3 is 2.76 bits per heavy atom. The van der Waals surface area contributed by atoms with Gasteiger partial charge in [-0.25, -0.2) is 0 Å². The van der Waals surface area contributed by atoms with Crippen molar-refractivity contribution in [2.45, 2.75) is 13.3 Å². The van der Waals surface area contributed by atoms with Crippen molar-refractivity contribution in [1.29, 1.82) is 0 Å². The zero-order chi connectivity index (χ0) is 12.6. The number of ketones is 1. The molecule has 88 valence electrons. The molecule has 0 bridgehead atoms. The van der Waals surface area contributed by atoms with E-state index < -0.39 is 11.7 Å². The summed E-state index contributed by atoms with van der Waals surface area (Å²) in [7, 11) is 0. The van der Waals surface area contributed by atoms with Gasteiger partial charge < -0.3 is 4.90 Å². The summed E-state index contributed by atoms with van der Waals surface area (Å²) in [5, 5.41) is 0. The van der Waals surface area contributed by atoms with Crippen molar-refractivity contribution in [3.8, 4) is 0 Å². The predicted octanol–water partition coefficient (Wildman–Crippen LogP) is 2.86. The minimum absolute atomic E-state index is 0.423. The number of carbonyl (C=O) groups is 2. The Labute approximate surface area is 108 Å². The van der Waals surface area contributed by atoms with Crippen LogP contribution in [-0.2, 0) is 4.79 Å². The Morgan fingerprint density at radius 2 is 2.12 bits per heavy atom. The fourth-order valence-corrected chi connectivity index (χ4v) is 2.61. The Bertz CT molecular complexity index is 522. The second-order valence-corrected chi connectivity index (χ2v) is 4.90. The number of hydrogen-bond acceptors (Lipinski definition) is 2. The van der Waals surface area contributed by atoms with Crippen molar-refractivity contribution in [2.75, 3.05) is 11.4 Å². The highest BCUT2D eigenvalue weighted by molar-refractivity contribution is 9.10. The molecular weight excluding hydrogens is 282 g/mol. The molecule has 0 fully saturated rings. The second-order valence-electron chi connectivity index (χ2n) is 3.98. The standard InChI is InChI=1S/C13H12BrNO2/c1-3-4-5-15-11-8(2)6-9(14)7-10(11)12(16)13(15)17/h3,6-7H,1,4-5H2,2H3. The van der Waals surface area contributed by atoms with E-state index in [4.69, 9.17) is 0 Å². The first kappa shape index (κ1) is 12.0. The number of amides is 1. The quantitative estimate of drug-likeness (QED) is 0.635. The molecule has 0 spiro atoms. The Balaban J connectivity index is 2.52. The van der Waals surface area contributed by atoms with Gasteiger partial charge >= 0.3 is 0 Å². The lowest BCUT2D eigenvalue weighted by molar-refractivity contribution is -0.114. The molecule has 0 aromatic heterocycles. The van der Waals surface area contributed by atoms with E-state index in [0.29, 0.717) is 18.5 Å². The van der Waals surface area contributed by atoms with Gasteiger partial charge in [-0.15, -0.1) is 6.58 Å². The second kappa shape index (κ2) is 4.45. The molecule has 0 N–H and O–H groups in total. The molecule has 1 aliphatic rings. The average molecular weight is 294 g/mol. The number of benzene rings is 1. The van der Waals surface area contributed by atoms with Gasteiger partial charge in [-0.3, -0.25) is 9.59 Å². The van der Waals surface area contributed by atoms with Crippen LogP contribution in [-0.4, -0.2) is 18.2 Å². The molecule has 0 saturated carbocycles. The first-order valence-corrected chi connectivity index (χ1v) is 6.12. The molecule has 1 heterocycles. The summed E-state index contributed by atoms with van der Waals surface area (Å²) in [6.07, 6.45) is 2.41. The lowest BCUT2D eigenvalue weighted by atomic mass is 10.1. The van der Waals surface area contributed by atoms with Crippen LogP contribution in [0.5, 0.6) is 0 Å². The van der Waals surface area contributed by atoms with E-state index in [2.05, 4.69) is 22.5 Å². The molecule has 1 aromatic carbocycles. The van der Waals surface area contributed by atoms with Crippen molar-refractivity contribution in [3.63, 3.8) is 0 Å². The summed E-state index contributed by atoms with van der Waals surface area (Å²) in [6.45, 7) is 6.03. The molecule has 0 atom stereocenters. The molecule has 0 aliphatic carbocycles. The largest absolute Gasteiger partial charge is 0.304 e. The van der Waals surface area contributed by atoms with E-state index in [1.165, 1.54) is 0 Å². The van der Waals surface area contributed by atoms with Gasteiger partial charge in [-0.1, -0.05) is 22.0 Å². The number of hydrogen-bond donors (Lipinski definition) is 0. The van der Waals surface area contributed by atoms with Gasteiger partial charge in [0.15, 0.2) is 0 Å². The number of anilines is 1. The molecule has 0 saturated heterocycles. The molecule has 2 rings (SSSR count). The Morgan fingerprint density at radius 1 is 1.41 bits per heavy atom. The van der Waals surface area contributed by atoms with Gasteiger partial charge in [0.1, 0.15) is 0 Å². The van der Waals surface area contributed by atoms with Crippen LogP contribution in [0.2, 0.25) is 0 Å². The molecular formula is C13H12BrNO2. The number of halogens is 1. The number of Topliss-reactive ketones (excluding diaryl/α,β-unsaturated/α-hetero) is 1. The van der Waals surface area contributed by atoms with E-state index in [9.17, 15) is 9.59 Å². The van der Waals surface area contributed by atoms with Crippen molar-refractivity contribution >= 4 is 33.3 Å². The Kier molecular flexibility index (Phi) is 3.15. The molecule has 1 aromatic rings. The summed E-state index contributed by atoms with van der Waals surface area (Å²) in [4.78, 5) is 25.2. The fourth-order valence-electron chi connectivity index (χ4n) is 2.04. The maximum atomic E-state index is 11.9. The molecule has 0 radical (unpaired) electrons. The topological polar surface area (TPSA) is 37.4 Å². The highest BCUT2D eigenvalue weighted by atomic mass is 79.9. The van der Waals surface area contributed by atoms with E-state index in [1.54, 1.807) is 17.0 Å². The number of rotatable bonds is 3. The predicted molar refractivity (Wildman–Crippen MR) is 70.4 cm³/mol. The summed E-state index contributed by atoms with van der Waals surface area (Å²) in [6, 6.07) is 3.61. The average Bonchev–Trinajstić information content (AvgIpc) is 2.51. The first-order chi connectivity index (χ1) is 8.06. The van der Waals surface area contributed by atoms with Crippen LogP contribution in [0.4, 0.5) is 5.69 Å². The number of aryl methyl sites for hydroxylation is 1. The zero-order valence-corrected chi connectivity index (χ0v) is 11.1. The van der Waals surface area contributed by atoms with Crippen LogP contribution in [0.25, 0.3) is 0 Å². The number of fused-ring (bicyclic) bond motifs is 1. The van der Waals surface area contributed by atoms with Crippen LogP contribution >= 0.6 is 15.9 Å². The lowest BCUT2D eigenvalue weighted by Crippen LogP contribution is -2.30. The van der Waals surface area contributed by atoms with Gasteiger partial charge in [0.2, 0.25) is 0 Å². The van der Waals surface area contributed by atoms with Crippen molar-refractivity contribution < 1.29 is 9.59 Å². The third kappa shape index (κ3) is 1.93. The van der Waals surface area contributed by atoms with Crippen LogP contribution in [0.3, 0.4) is 0 Å². The van der Waals surface area contributed by atoms with E-state index in [0.717, 1.165) is 15.7 Å². The van der Waals surface area contributed by atoms with Crippen LogP contribution in [0.1, 0.15) is 22.3 Å².